The molecule has 0 bridgehead atoms. The number of carbonyl (C=O) groups excluding carboxylic acids is 5. The fourth-order valence-corrected chi connectivity index (χ4v) is 2.79. The van der Waals surface area contributed by atoms with Gasteiger partial charge in [-0.05, 0) is 6.92 Å². The minimum Gasteiger partial charge on any atom is -0.467 e. The van der Waals surface area contributed by atoms with Crippen LogP contribution in [-0.4, -0.2) is 77.2 Å². The summed E-state index contributed by atoms with van der Waals surface area (Å²) in [6.45, 7) is 3.26. The minimum absolute atomic E-state index is 0.160. The lowest BCUT2D eigenvalue weighted by Gasteiger charge is -2.43. The number of hydrogen-bond donors (Lipinski definition) is 1. The van der Waals surface area contributed by atoms with Crippen LogP contribution in [0.1, 0.15) is 33.6 Å². The number of nitrogens with one attached hydrogen (secondary N) is 1. The van der Waals surface area contributed by atoms with E-state index < -0.39 is 64.3 Å². The minimum atomic E-state index is -2.36. The normalized spacial score (nSPS) is 24.8. The predicted molar refractivity (Wildman–Crippen MR) is 111 cm³/mol. The lowest BCUT2D eigenvalue weighted by atomic mass is 9.97. The smallest absolute Gasteiger partial charge is 0.339 e. The molecule has 0 spiro atoms. The monoisotopic (exact) mass is 533 g/mol. The number of halogens is 3. The number of carbonyl (C=O) groups is 5. The summed E-state index contributed by atoms with van der Waals surface area (Å²) in [4.78, 5) is 59.3. The summed E-state index contributed by atoms with van der Waals surface area (Å²) in [5, 5.41) is 7.75. The molecular weight excluding hydrogens is 513 g/mol. The van der Waals surface area contributed by atoms with E-state index in [1.54, 1.807) is 0 Å². The maximum absolute atomic E-state index is 12.4. The number of esters is 4. The fraction of sp³-hybridized carbons (Fsp3) is 0.667. The van der Waals surface area contributed by atoms with Crippen molar-refractivity contribution in [2.24, 2.45) is 0 Å². The van der Waals surface area contributed by atoms with Crippen LogP contribution in [0.5, 0.6) is 0 Å². The lowest BCUT2D eigenvalue weighted by Crippen LogP contribution is -2.64. The Morgan fingerprint density at radius 1 is 0.848 bits per heavy atom. The Morgan fingerprint density at radius 3 is 1.85 bits per heavy atom. The highest BCUT2D eigenvalue weighted by Crippen LogP contribution is 2.34. The van der Waals surface area contributed by atoms with Gasteiger partial charge in [0.25, 0.3) is 3.79 Å². The van der Waals surface area contributed by atoms with Crippen molar-refractivity contribution < 1.29 is 52.4 Å². The molecule has 1 aliphatic heterocycles. The van der Waals surface area contributed by atoms with Crippen LogP contribution in [-0.2, 0) is 52.4 Å². The van der Waals surface area contributed by atoms with Gasteiger partial charge in [-0.3, -0.25) is 19.8 Å². The van der Waals surface area contributed by atoms with E-state index in [0.29, 0.717) is 0 Å². The van der Waals surface area contributed by atoms with E-state index in [1.807, 2.05) is 0 Å². The zero-order chi connectivity index (χ0) is 25.5. The summed E-state index contributed by atoms with van der Waals surface area (Å²) in [6, 6.07) is 0. The number of Topliss-reactive ketones (excluding diaryl/α,β-unsaturated/α-hetero) is 1. The molecular formula is C18H22Cl3NO11. The molecule has 5 atom stereocenters. The Kier molecular flexibility index (Phi) is 10.8. The summed E-state index contributed by atoms with van der Waals surface area (Å²) in [5.74, 6) is -5.14. The van der Waals surface area contributed by atoms with Gasteiger partial charge in [-0.15, -0.1) is 0 Å². The second kappa shape index (κ2) is 12.4. The third kappa shape index (κ3) is 8.95. The molecule has 1 aliphatic rings. The van der Waals surface area contributed by atoms with Crippen molar-refractivity contribution in [3.05, 3.63) is 0 Å². The zero-order valence-corrected chi connectivity index (χ0v) is 20.2. The number of ketones is 1. The highest BCUT2D eigenvalue weighted by atomic mass is 35.6. The van der Waals surface area contributed by atoms with Crippen LogP contribution in [0.4, 0.5) is 0 Å². The van der Waals surface area contributed by atoms with Gasteiger partial charge in [0.05, 0.1) is 13.5 Å². The van der Waals surface area contributed by atoms with Crippen LogP contribution >= 0.6 is 34.8 Å². The third-order valence-corrected chi connectivity index (χ3v) is 4.49. The topological polar surface area (TPSA) is 165 Å². The van der Waals surface area contributed by atoms with Gasteiger partial charge >= 0.3 is 23.9 Å². The van der Waals surface area contributed by atoms with E-state index in [1.165, 1.54) is 6.92 Å². The Labute approximate surface area is 203 Å². The van der Waals surface area contributed by atoms with Gasteiger partial charge < -0.3 is 33.2 Å². The average molecular weight is 535 g/mol. The highest BCUT2D eigenvalue weighted by molar-refractivity contribution is 6.76. The predicted octanol–water partition coefficient (Wildman–Crippen LogP) is 1.39. The third-order valence-electron chi connectivity index (χ3n) is 3.97. The molecule has 1 N–H and O–H groups in total. The Bertz CT molecular complexity index is 798. The van der Waals surface area contributed by atoms with Crippen LogP contribution in [0.25, 0.3) is 0 Å². The molecule has 0 aliphatic carbocycles. The molecule has 12 nitrogen and oxygen atoms in total. The van der Waals surface area contributed by atoms with Gasteiger partial charge in [0, 0.05) is 20.3 Å². The van der Waals surface area contributed by atoms with Gasteiger partial charge in [0.1, 0.15) is 5.78 Å². The molecule has 1 heterocycles. The Hall–Kier alpha value is -2.15. The molecule has 1 saturated heterocycles. The van der Waals surface area contributed by atoms with Crippen molar-refractivity contribution >= 4 is 70.4 Å². The quantitative estimate of drug-likeness (QED) is 0.157. The number of methoxy groups -OCH3 is 1. The van der Waals surface area contributed by atoms with Gasteiger partial charge in [0.2, 0.25) is 18.3 Å². The molecule has 0 saturated carbocycles. The Morgan fingerprint density at radius 2 is 1.39 bits per heavy atom. The number of alkyl halides is 3. The fourth-order valence-electron chi connectivity index (χ4n) is 2.65. The molecule has 1 fully saturated rings. The molecule has 33 heavy (non-hydrogen) atoms. The molecule has 15 heteroatoms. The molecule has 0 aromatic rings. The van der Waals surface area contributed by atoms with E-state index >= 15 is 0 Å². The van der Waals surface area contributed by atoms with Crippen molar-refractivity contribution in [3.63, 3.8) is 0 Å². The zero-order valence-electron chi connectivity index (χ0n) is 17.9. The number of ether oxygens (including phenoxy) is 6. The Balaban J connectivity index is 3.43. The lowest BCUT2D eigenvalue weighted by molar-refractivity contribution is -0.286. The first-order valence-electron chi connectivity index (χ1n) is 9.26. The van der Waals surface area contributed by atoms with E-state index in [4.69, 9.17) is 63.9 Å². The van der Waals surface area contributed by atoms with Crippen LogP contribution in [0.2, 0.25) is 0 Å². The van der Waals surface area contributed by atoms with Gasteiger partial charge in [-0.2, -0.15) is 0 Å². The van der Waals surface area contributed by atoms with Gasteiger partial charge in [-0.1, -0.05) is 34.8 Å². The summed E-state index contributed by atoms with van der Waals surface area (Å²) in [7, 11) is 0.999. The van der Waals surface area contributed by atoms with Crippen molar-refractivity contribution in [1.82, 2.24) is 0 Å². The highest BCUT2D eigenvalue weighted by Gasteiger charge is 2.56. The van der Waals surface area contributed by atoms with E-state index in [9.17, 15) is 24.0 Å². The van der Waals surface area contributed by atoms with Crippen LogP contribution in [0, 0.1) is 5.41 Å². The summed E-state index contributed by atoms with van der Waals surface area (Å²) in [6.07, 6.45) is -9.15. The molecule has 0 unspecified atom stereocenters. The summed E-state index contributed by atoms with van der Waals surface area (Å²) in [5.41, 5.74) is 0. The van der Waals surface area contributed by atoms with E-state index in [2.05, 4.69) is 4.74 Å². The van der Waals surface area contributed by atoms with Crippen molar-refractivity contribution in [2.75, 3.05) is 7.11 Å². The number of hydrogen-bond acceptors (Lipinski definition) is 12. The van der Waals surface area contributed by atoms with Gasteiger partial charge in [-0.25, -0.2) is 4.79 Å². The molecule has 0 amide bonds. The molecule has 0 aromatic heterocycles. The second-order valence-electron chi connectivity index (χ2n) is 6.70. The van der Waals surface area contributed by atoms with Gasteiger partial charge in [0.15, 0.2) is 18.3 Å². The maximum Gasteiger partial charge on any atom is 0.339 e. The van der Waals surface area contributed by atoms with Crippen LogP contribution in [0.3, 0.4) is 0 Å². The van der Waals surface area contributed by atoms with E-state index in [-0.39, 0.29) is 18.6 Å². The summed E-state index contributed by atoms with van der Waals surface area (Å²) >= 11 is 16.8. The first-order chi connectivity index (χ1) is 15.2. The van der Waals surface area contributed by atoms with E-state index in [0.717, 1.165) is 21.0 Å². The van der Waals surface area contributed by atoms with Crippen molar-refractivity contribution in [3.8, 4) is 0 Å². The summed E-state index contributed by atoms with van der Waals surface area (Å²) < 4.78 is 28.4. The molecule has 186 valence electrons. The molecule has 0 aromatic carbocycles. The molecule has 1 rings (SSSR count). The standard InChI is InChI=1S/C18H22Cl3NO11/c1-7(23)5-6-10(26)31-11-12(29-8(2)24)14(30-9(3)25)16(32-13(11)15(27)28-4)33-17(22)18(19,20)21/h11-14,16,22H,5-6H2,1-4H3/t11-,12-,13+,14+,16-/m0/s1. The van der Waals surface area contributed by atoms with Crippen LogP contribution < -0.4 is 0 Å². The first-order valence-corrected chi connectivity index (χ1v) is 10.4. The second-order valence-corrected chi connectivity index (χ2v) is 8.98. The SMILES string of the molecule is COC(=O)[C@@H]1O[C@@H](OC(=N)C(Cl)(Cl)Cl)[C@H](OC(C)=O)[C@@H](OC(C)=O)[C@@H]1OC(=O)CCC(C)=O. The number of rotatable bonds is 8. The average Bonchev–Trinajstić information content (AvgIpc) is 2.68. The van der Waals surface area contributed by atoms with Crippen molar-refractivity contribution in [2.45, 2.75) is 68.1 Å². The van der Waals surface area contributed by atoms with Crippen LogP contribution in [0.15, 0.2) is 0 Å². The largest absolute Gasteiger partial charge is 0.467 e. The molecule has 0 radical (unpaired) electrons. The first kappa shape index (κ1) is 28.9. The van der Waals surface area contributed by atoms with Crippen molar-refractivity contribution in [1.29, 1.82) is 5.41 Å². The maximum atomic E-state index is 12.4.